The van der Waals surface area contributed by atoms with E-state index in [1.807, 2.05) is 0 Å². The number of hydrogen-bond acceptors (Lipinski definition) is 3. The largest absolute Gasteiger partial charge is 0.508 e. The van der Waals surface area contributed by atoms with Crippen LogP contribution < -0.4 is 11.5 Å². The lowest BCUT2D eigenvalue weighted by atomic mass is 10.1. The Morgan fingerprint density at radius 1 is 1.50 bits per heavy atom. The first kappa shape index (κ1) is 9.32. The molecule has 0 aliphatic rings. The van der Waals surface area contributed by atoms with E-state index in [1.54, 1.807) is 12.1 Å². The molecule has 0 aliphatic heterocycles. The smallest absolute Gasteiger partial charge is 0.121 e. The molecule has 0 spiro atoms. The molecule has 0 fully saturated rings. The van der Waals surface area contributed by atoms with Crippen LogP contribution in [0.2, 0.25) is 5.02 Å². The van der Waals surface area contributed by atoms with Gasteiger partial charge in [0, 0.05) is 23.2 Å². The summed E-state index contributed by atoms with van der Waals surface area (Å²) < 4.78 is 0. The maximum Gasteiger partial charge on any atom is 0.121 e. The second kappa shape index (κ2) is 3.76. The van der Waals surface area contributed by atoms with Crippen molar-refractivity contribution in [3.05, 3.63) is 28.8 Å². The van der Waals surface area contributed by atoms with Gasteiger partial charge in [-0.2, -0.15) is 0 Å². The van der Waals surface area contributed by atoms with Gasteiger partial charge in [0.15, 0.2) is 0 Å². The molecule has 1 rings (SSSR count). The van der Waals surface area contributed by atoms with E-state index in [0.29, 0.717) is 17.1 Å². The van der Waals surface area contributed by atoms with Crippen molar-refractivity contribution in [2.45, 2.75) is 6.04 Å². The first-order chi connectivity index (χ1) is 5.65. The molecule has 3 nitrogen and oxygen atoms in total. The highest BCUT2D eigenvalue weighted by Crippen LogP contribution is 2.25. The zero-order valence-electron chi connectivity index (χ0n) is 6.50. The monoisotopic (exact) mass is 186 g/mol. The van der Waals surface area contributed by atoms with Crippen LogP contribution in [0.1, 0.15) is 11.6 Å². The molecule has 0 aromatic heterocycles. The van der Waals surface area contributed by atoms with E-state index < -0.39 is 0 Å². The number of phenols is 1. The normalized spacial score (nSPS) is 12.9. The van der Waals surface area contributed by atoms with Crippen molar-refractivity contribution in [1.29, 1.82) is 0 Å². The lowest BCUT2D eigenvalue weighted by Gasteiger charge is -2.10. The van der Waals surface area contributed by atoms with Crippen LogP contribution >= 0.6 is 11.6 Å². The number of aromatic hydroxyl groups is 1. The van der Waals surface area contributed by atoms with Gasteiger partial charge in [0.2, 0.25) is 0 Å². The van der Waals surface area contributed by atoms with Crippen molar-refractivity contribution in [2.75, 3.05) is 6.54 Å². The molecule has 0 aliphatic carbocycles. The van der Waals surface area contributed by atoms with E-state index in [0.717, 1.165) is 0 Å². The summed E-state index contributed by atoms with van der Waals surface area (Å²) >= 11 is 5.63. The third-order valence-corrected chi connectivity index (χ3v) is 1.88. The maximum absolute atomic E-state index is 9.37. The SMILES string of the molecule is NC[C@H](N)c1ccc(Cl)cc1O. The van der Waals surface area contributed by atoms with Gasteiger partial charge in [0.25, 0.3) is 0 Å². The Kier molecular flexibility index (Phi) is 2.92. The Morgan fingerprint density at radius 3 is 2.67 bits per heavy atom. The molecule has 66 valence electrons. The minimum atomic E-state index is -0.331. The molecule has 0 amide bonds. The summed E-state index contributed by atoms with van der Waals surface area (Å²) in [6.07, 6.45) is 0. The van der Waals surface area contributed by atoms with Crippen molar-refractivity contribution in [2.24, 2.45) is 11.5 Å². The van der Waals surface area contributed by atoms with Crippen LogP contribution in [-0.2, 0) is 0 Å². The lowest BCUT2D eigenvalue weighted by molar-refractivity contribution is 0.462. The first-order valence-electron chi connectivity index (χ1n) is 3.59. The van der Waals surface area contributed by atoms with E-state index in [-0.39, 0.29) is 11.8 Å². The average Bonchev–Trinajstić information content (AvgIpc) is 2.03. The second-order valence-electron chi connectivity index (χ2n) is 2.55. The summed E-state index contributed by atoms with van der Waals surface area (Å²) in [5, 5.41) is 9.86. The summed E-state index contributed by atoms with van der Waals surface area (Å²) in [5.41, 5.74) is 11.6. The highest BCUT2D eigenvalue weighted by Gasteiger charge is 2.08. The van der Waals surface area contributed by atoms with Crippen molar-refractivity contribution in [3.63, 3.8) is 0 Å². The Hall–Kier alpha value is -0.770. The number of hydrogen-bond donors (Lipinski definition) is 3. The van der Waals surface area contributed by atoms with Gasteiger partial charge in [-0.3, -0.25) is 0 Å². The van der Waals surface area contributed by atoms with Crippen molar-refractivity contribution >= 4 is 11.6 Å². The van der Waals surface area contributed by atoms with Crippen molar-refractivity contribution < 1.29 is 5.11 Å². The fraction of sp³-hybridized carbons (Fsp3) is 0.250. The van der Waals surface area contributed by atoms with Crippen LogP contribution in [0.5, 0.6) is 5.75 Å². The van der Waals surface area contributed by atoms with E-state index in [1.165, 1.54) is 6.07 Å². The van der Waals surface area contributed by atoms with E-state index >= 15 is 0 Å². The Bertz CT molecular complexity index is 278. The van der Waals surface area contributed by atoms with Crippen molar-refractivity contribution in [3.8, 4) is 5.75 Å². The molecule has 1 aromatic rings. The van der Waals surface area contributed by atoms with E-state index in [4.69, 9.17) is 23.1 Å². The molecule has 0 bridgehead atoms. The minimum Gasteiger partial charge on any atom is -0.508 e. The van der Waals surface area contributed by atoms with Gasteiger partial charge in [0.1, 0.15) is 5.75 Å². The molecule has 5 N–H and O–H groups in total. The van der Waals surface area contributed by atoms with E-state index in [2.05, 4.69) is 0 Å². The molecule has 0 unspecified atom stereocenters. The predicted molar refractivity (Wildman–Crippen MR) is 49.1 cm³/mol. The molecule has 0 saturated heterocycles. The standard InChI is InChI=1S/C8H11ClN2O/c9-5-1-2-6(7(11)4-10)8(12)3-5/h1-3,7,12H,4,10-11H2/t7-/m0/s1. The summed E-state index contributed by atoms with van der Waals surface area (Å²) in [4.78, 5) is 0. The number of phenolic OH excluding ortho intramolecular Hbond substituents is 1. The van der Waals surface area contributed by atoms with Crippen LogP contribution in [-0.4, -0.2) is 11.7 Å². The molecule has 0 radical (unpaired) electrons. The number of rotatable bonds is 2. The quantitative estimate of drug-likeness (QED) is 0.646. The number of nitrogens with two attached hydrogens (primary N) is 2. The van der Waals surface area contributed by atoms with Gasteiger partial charge in [-0.15, -0.1) is 0 Å². The van der Waals surface area contributed by atoms with Gasteiger partial charge in [-0.25, -0.2) is 0 Å². The second-order valence-corrected chi connectivity index (χ2v) is 2.98. The van der Waals surface area contributed by atoms with Crippen LogP contribution in [0.15, 0.2) is 18.2 Å². The van der Waals surface area contributed by atoms with Gasteiger partial charge in [-0.05, 0) is 12.1 Å². The fourth-order valence-electron chi connectivity index (χ4n) is 0.957. The first-order valence-corrected chi connectivity index (χ1v) is 3.97. The van der Waals surface area contributed by atoms with Crippen LogP contribution in [0, 0.1) is 0 Å². The van der Waals surface area contributed by atoms with Gasteiger partial charge in [0.05, 0.1) is 0 Å². The summed E-state index contributed by atoms with van der Waals surface area (Å²) in [5.74, 6) is 0.0976. The fourth-order valence-corrected chi connectivity index (χ4v) is 1.12. The van der Waals surface area contributed by atoms with Crippen LogP contribution in [0.3, 0.4) is 0 Å². The number of benzene rings is 1. The Labute approximate surface area is 75.9 Å². The number of halogens is 1. The molecule has 0 saturated carbocycles. The van der Waals surface area contributed by atoms with Gasteiger partial charge < -0.3 is 16.6 Å². The highest BCUT2D eigenvalue weighted by atomic mass is 35.5. The topological polar surface area (TPSA) is 72.3 Å². The molecular formula is C8H11ClN2O. The Morgan fingerprint density at radius 2 is 2.17 bits per heavy atom. The molecule has 12 heavy (non-hydrogen) atoms. The third-order valence-electron chi connectivity index (χ3n) is 1.65. The summed E-state index contributed by atoms with van der Waals surface area (Å²) in [6.45, 7) is 0.301. The van der Waals surface area contributed by atoms with E-state index in [9.17, 15) is 5.11 Å². The van der Waals surface area contributed by atoms with Gasteiger partial charge >= 0.3 is 0 Å². The Balaban J connectivity index is 3.01. The van der Waals surface area contributed by atoms with Crippen molar-refractivity contribution in [1.82, 2.24) is 0 Å². The highest BCUT2D eigenvalue weighted by molar-refractivity contribution is 6.30. The minimum absolute atomic E-state index is 0.0976. The zero-order valence-corrected chi connectivity index (χ0v) is 7.25. The third kappa shape index (κ3) is 1.88. The van der Waals surface area contributed by atoms with Crippen LogP contribution in [0.4, 0.5) is 0 Å². The summed E-state index contributed by atoms with van der Waals surface area (Å²) in [6, 6.07) is 4.47. The molecule has 1 atom stereocenters. The lowest BCUT2D eigenvalue weighted by Crippen LogP contribution is -2.20. The molecule has 0 heterocycles. The average molecular weight is 187 g/mol. The predicted octanol–water partition coefficient (Wildman–Crippen LogP) is 1.00. The zero-order chi connectivity index (χ0) is 9.14. The molecule has 1 aromatic carbocycles. The maximum atomic E-state index is 9.37. The van der Waals surface area contributed by atoms with Gasteiger partial charge in [-0.1, -0.05) is 17.7 Å². The summed E-state index contributed by atoms with van der Waals surface area (Å²) in [7, 11) is 0. The van der Waals surface area contributed by atoms with Crippen LogP contribution in [0.25, 0.3) is 0 Å². The molecular weight excluding hydrogens is 176 g/mol. The molecule has 4 heteroatoms.